The van der Waals surface area contributed by atoms with Crippen LogP contribution < -0.4 is 11.1 Å². The average molecular weight is 265 g/mol. The number of halogens is 1. The molecular weight excluding hydrogens is 247 g/mol. The van der Waals surface area contributed by atoms with Crippen molar-refractivity contribution in [2.24, 2.45) is 11.7 Å². The van der Waals surface area contributed by atoms with Gasteiger partial charge in [-0.2, -0.15) is 0 Å². The van der Waals surface area contributed by atoms with Crippen LogP contribution in [0, 0.1) is 18.2 Å². The molecule has 0 aliphatic heterocycles. The molecule has 0 fully saturated rings. The van der Waals surface area contributed by atoms with E-state index >= 15 is 0 Å². The summed E-state index contributed by atoms with van der Waals surface area (Å²) in [7, 11) is 0. The second kappa shape index (κ2) is 6.87. The van der Waals surface area contributed by atoms with Crippen LogP contribution in [0.4, 0.5) is 4.39 Å². The first-order chi connectivity index (χ1) is 8.90. The topological polar surface area (TPSA) is 72.2 Å². The highest BCUT2D eigenvalue weighted by molar-refractivity contribution is 5.86. The molecule has 0 aliphatic rings. The van der Waals surface area contributed by atoms with Gasteiger partial charge in [0.15, 0.2) is 0 Å². The van der Waals surface area contributed by atoms with Gasteiger partial charge in [0.05, 0.1) is 12.5 Å². The lowest BCUT2D eigenvalue weighted by molar-refractivity contribution is -0.121. The number of carbonyl (C=O) groups excluding carboxylic acids is 2. The van der Waals surface area contributed by atoms with Crippen molar-refractivity contribution < 1.29 is 14.0 Å². The first-order valence-corrected chi connectivity index (χ1v) is 6.08. The summed E-state index contributed by atoms with van der Waals surface area (Å²) >= 11 is 0. The van der Waals surface area contributed by atoms with E-state index in [9.17, 15) is 14.0 Å². The van der Waals surface area contributed by atoms with E-state index in [1.54, 1.807) is 26.0 Å². The molecule has 1 aromatic rings. The maximum absolute atomic E-state index is 12.8. The van der Waals surface area contributed by atoms with Gasteiger partial charge in [-0.1, -0.05) is 19.1 Å². The summed E-state index contributed by atoms with van der Waals surface area (Å²) < 4.78 is 12.8. The van der Waals surface area contributed by atoms with E-state index in [0.29, 0.717) is 6.42 Å². The molecule has 3 N–H and O–H groups in total. The molecule has 19 heavy (non-hydrogen) atoms. The zero-order chi connectivity index (χ0) is 14.4. The third kappa shape index (κ3) is 5.07. The van der Waals surface area contributed by atoms with Crippen molar-refractivity contribution in [2.45, 2.75) is 26.3 Å². The lowest BCUT2D eigenvalue weighted by atomic mass is 10.0. The zero-order valence-corrected chi connectivity index (χ0v) is 11.0. The Bertz CT molecular complexity index is 445. The molecule has 0 heterocycles. The number of amides is 2. The van der Waals surface area contributed by atoms with Crippen LogP contribution in [0.2, 0.25) is 0 Å². The van der Waals surface area contributed by atoms with Gasteiger partial charge in [0.2, 0.25) is 11.8 Å². The number of hydrogen-bond donors (Lipinski definition) is 2. The van der Waals surface area contributed by atoms with Gasteiger partial charge in [-0.15, -0.1) is 0 Å². The second-order valence-electron chi connectivity index (χ2n) is 4.53. The molecule has 0 aliphatic carbocycles. The van der Waals surface area contributed by atoms with Crippen LogP contribution in [0.3, 0.4) is 0 Å². The predicted octanol–water partition coefficient (Wildman–Crippen LogP) is 1.72. The van der Waals surface area contributed by atoms with E-state index in [1.165, 1.54) is 18.6 Å². The molecule has 1 rings (SSSR count). The van der Waals surface area contributed by atoms with E-state index in [4.69, 9.17) is 5.73 Å². The van der Waals surface area contributed by atoms with Crippen LogP contribution in [0.1, 0.15) is 31.9 Å². The van der Waals surface area contributed by atoms with E-state index in [1.807, 2.05) is 0 Å². The van der Waals surface area contributed by atoms with Crippen LogP contribution in [-0.2, 0) is 9.59 Å². The molecule has 5 heteroatoms. The highest BCUT2D eigenvalue weighted by atomic mass is 19.1. The molecule has 1 unspecified atom stereocenters. The SMILES string of the molecule is CC(C[CH]C(=O)N[C@@H](C)c1ccc(F)cc1)C(N)=O. The monoisotopic (exact) mass is 265 g/mol. The quantitative estimate of drug-likeness (QED) is 0.822. The van der Waals surface area contributed by atoms with Gasteiger partial charge in [-0.25, -0.2) is 4.39 Å². The number of nitrogens with one attached hydrogen (secondary N) is 1. The van der Waals surface area contributed by atoms with Gasteiger partial charge < -0.3 is 11.1 Å². The molecule has 0 saturated heterocycles. The van der Waals surface area contributed by atoms with Gasteiger partial charge in [-0.05, 0) is 31.0 Å². The summed E-state index contributed by atoms with van der Waals surface area (Å²) in [5.41, 5.74) is 5.91. The molecule has 103 valence electrons. The first-order valence-electron chi connectivity index (χ1n) is 6.08. The predicted molar refractivity (Wildman–Crippen MR) is 70.2 cm³/mol. The summed E-state index contributed by atoms with van der Waals surface area (Å²) in [6.07, 6.45) is 1.70. The average Bonchev–Trinajstić information content (AvgIpc) is 2.36. The minimum Gasteiger partial charge on any atom is -0.369 e. The molecule has 1 radical (unpaired) electrons. The van der Waals surface area contributed by atoms with E-state index in [-0.39, 0.29) is 23.7 Å². The Balaban J connectivity index is 2.44. The molecule has 0 saturated carbocycles. The van der Waals surface area contributed by atoms with Crippen LogP contribution in [0.25, 0.3) is 0 Å². The Labute approximate surface area is 112 Å². The lowest BCUT2D eigenvalue weighted by Gasteiger charge is -2.14. The van der Waals surface area contributed by atoms with Gasteiger partial charge in [-0.3, -0.25) is 9.59 Å². The van der Waals surface area contributed by atoms with Crippen molar-refractivity contribution in [3.63, 3.8) is 0 Å². The largest absolute Gasteiger partial charge is 0.369 e. The van der Waals surface area contributed by atoms with Crippen LogP contribution in [-0.4, -0.2) is 11.8 Å². The Morgan fingerprint density at radius 3 is 2.42 bits per heavy atom. The molecular formula is C14H18FN2O2. The minimum absolute atomic E-state index is 0.228. The maximum Gasteiger partial charge on any atom is 0.224 e. The Morgan fingerprint density at radius 1 is 1.32 bits per heavy atom. The van der Waals surface area contributed by atoms with Gasteiger partial charge in [0.25, 0.3) is 0 Å². The molecule has 0 bridgehead atoms. The lowest BCUT2D eigenvalue weighted by Crippen LogP contribution is -2.28. The third-order valence-electron chi connectivity index (χ3n) is 2.87. The smallest absolute Gasteiger partial charge is 0.224 e. The Kier molecular flexibility index (Phi) is 5.48. The van der Waals surface area contributed by atoms with Crippen molar-refractivity contribution in [1.29, 1.82) is 0 Å². The number of rotatable bonds is 6. The highest BCUT2D eigenvalue weighted by Gasteiger charge is 2.14. The van der Waals surface area contributed by atoms with Crippen molar-refractivity contribution in [3.05, 3.63) is 42.1 Å². The fraction of sp³-hybridized carbons (Fsp3) is 0.357. The molecule has 1 aromatic carbocycles. The minimum atomic E-state index is -0.435. The van der Waals surface area contributed by atoms with Crippen LogP contribution in [0.15, 0.2) is 24.3 Å². The number of hydrogen-bond acceptors (Lipinski definition) is 2. The number of carbonyl (C=O) groups is 2. The Hall–Kier alpha value is -1.91. The summed E-state index contributed by atoms with van der Waals surface area (Å²) in [5.74, 6) is -1.39. The standard InChI is InChI=1S/C14H18FN2O2/c1-9(14(16)19)3-8-13(18)17-10(2)11-4-6-12(15)7-5-11/h4-10H,3H2,1-2H3,(H2,16,19)(H,17,18)/t9?,10-/m0/s1. The van der Waals surface area contributed by atoms with Gasteiger partial charge in [0, 0.05) is 5.92 Å². The summed E-state index contributed by atoms with van der Waals surface area (Å²) in [6, 6.07) is 5.69. The molecule has 2 atom stereocenters. The van der Waals surface area contributed by atoms with Crippen molar-refractivity contribution in [2.75, 3.05) is 0 Å². The normalized spacial score (nSPS) is 13.6. The fourth-order valence-electron chi connectivity index (χ4n) is 1.51. The van der Waals surface area contributed by atoms with Crippen molar-refractivity contribution in [1.82, 2.24) is 5.32 Å². The first kappa shape index (κ1) is 15.1. The molecule has 0 aromatic heterocycles. The second-order valence-corrected chi connectivity index (χ2v) is 4.53. The van der Waals surface area contributed by atoms with Crippen LogP contribution in [0.5, 0.6) is 0 Å². The fourth-order valence-corrected chi connectivity index (χ4v) is 1.51. The maximum atomic E-state index is 12.8. The molecule has 4 nitrogen and oxygen atoms in total. The van der Waals surface area contributed by atoms with Crippen LogP contribution >= 0.6 is 0 Å². The van der Waals surface area contributed by atoms with E-state index in [2.05, 4.69) is 5.32 Å². The Morgan fingerprint density at radius 2 is 1.89 bits per heavy atom. The third-order valence-corrected chi connectivity index (χ3v) is 2.87. The molecule has 0 spiro atoms. The highest BCUT2D eigenvalue weighted by Crippen LogP contribution is 2.13. The number of nitrogens with two attached hydrogens (primary N) is 1. The summed E-state index contributed by atoms with van der Waals surface area (Å²) in [4.78, 5) is 22.5. The van der Waals surface area contributed by atoms with Crippen molar-refractivity contribution >= 4 is 11.8 Å². The summed E-state index contributed by atoms with van der Waals surface area (Å²) in [6.45, 7) is 3.46. The van der Waals surface area contributed by atoms with Gasteiger partial charge in [0.1, 0.15) is 5.82 Å². The number of benzene rings is 1. The van der Waals surface area contributed by atoms with E-state index in [0.717, 1.165) is 5.56 Å². The molecule has 2 amide bonds. The van der Waals surface area contributed by atoms with Gasteiger partial charge >= 0.3 is 0 Å². The number of primary amides is 1. The van der Waals surface area contributed by atoms with Crippen molar-refractivity contribution in [3.8, 4) is 0 Å². The zero-order valence-electron chi connectivity index (χ0n) is 11.0. The van der Waals surface area contributed by atoms with E-state index < -0.39 is 5.91 Å². The summed E-state index contributed by atoms with van der Waals surface area (Å²) in [5, 5.41) is 2.74.